The molecule has 1 unspecified atom stereocenters. The van der Waals surface area contributed by atoms with Crippen LogP contribution >= 0.6 is 15.9 Å². The molecule has 0 spiro atoms. The summed E-state index contributed by atoms with van der Waals surface area (Å²) in [7, 11) is 2.08. The molecule has 1 aromatic carbocycles. The zero-order valence-electron chi connectivity index (χ0n) is 13.7. The Morgan fingerprint density at radius 3 is 2.67 bits per heavy atom. The minimum absolute atomic E-state index is 0.174. The zero-order chi connectivity index (χ0) is 15.9. The molecule has 1 atom stereocenters. The van der Waals surface area contributed by atoms with E-state index in [1.54, 1.807) is 0 Å². The van der Waals surface area contributed by atoms with Crippen LogP contribution in [0, 0.1) is 0 Å². The van der Waals surface area contributed by atoms with E-state index in [4.69, 9.17) is 0 Å². The lowest BCUT2D eigenvalue weighted by atomic mass is 10.0. The first-order valence-electron chi connectivity index (χ1n) is 7.71. The average molecular weight is 357 g/mol. The molecule has 0 fully saturated rings. The van der Waals surface area contributed by atoms with Crippen LogP contribution in [0.3, 0.4) is 0 Å². The van der Waals surface area contributed by atoms with Crippen molar-refractivity contribution in [2.24, 2.45) is 0 Å². The van der Waals surface area contributed by atoms with E-state index in [1.807, 2.05) is 0 Å². The summed E-state index contributed by atoms with van der Waals surface area (Å²) in [5, 5.41) is 13.1. The number of benzene rings is 1. The Balaban J connectivity index is 2.71. The predicted molar refractivity (Wildman–Crippen MR) is 93.6 cm³/mol. The number of nitrogens with one attached hydrogen (secondary N) is 1. The number of rotatable bonds is 9. The van der Waals surface area contributed by atoms with E-state index in [0.29, 0.717) is 6.04 Å². The van der Waals surface area contributed by atoms with Gasteiger partial charge in [-0.05, 0) is 58.0 Å². The van der Waals surface area contributed by atoms with Gasteiger partial charge in [-0.1, -0.05) is 35.0 Å². The van der Waals surface area contributed by atoms with Crippen molar-refractivity contribution < 1.29 is 5.11 Å². The van der Waals surface area contributed by atoms with E-state index in [2.05, 4.69) is 78.2 Å². The second-order valence-corrected chi connectivity index (χ2v) is 7.16. The minimum atomic E-state index is -0.174. The molecule has 0 bridgehead atoms. The predicted octanol–water partition coefficient (Wildman–Crippen LogP) is 3.58. The van der Waals surface area contributed by atoms with Crippen molar-refractivity contribution in [2.45, 2.75) is 45.2 Å². The Morgan fingerprint density at radius 1 is 1.38 bits per heavy atom. The van der Waals surface area contributed by atoms with E-state index in [1.165, 1.54) is 5.56 Å². The SMILES string of the molecule is CCCNC(CCN(C)C(C)(C)CO)c1cccc(Br)c1. The molecule has 0 aliphatic heterocycles. The molecule has 21 heavy (non-hydrogen) atoms. The largest absolute Gasteiger partial charge is 0.394 e. The van der Waals surface area contributed by atoms with Gasteiger partial charge in [-0.2, -0.15) is 0 Å². The topological polar surface area (TPSA) is 35.5 Å². The molecule has 1 rings (SSSR count). The summed E-state index contributed by atoms with van der Waals surface area (Å²) in [5.74, 6) is 0. The van der Waals surface area contributed by atoms with Crippen molar-refractivity contribution >= 4 is 15.9 Å². The van der Waals surface area contributed by atoms with Gasteiger partial charge in [-0.15, -0.1) is 0 Å². The molecule has 0 saturated heterocycles. The highest BCUT2D eigenvalue weighted by molar-refractivity contribution is 9.10. The number of hydrogen-bond donors (Lipinski definition) is 2. The Kier molecular flexibility index (Phi) is 7.88. The Labute approximate surface area is 137 Å². The van der Waals surface area contributed by atoms with Gasteiger partial charge in [-0.25, -0.2) is 0 Å². The molecule has 0 aliphatic rings. The fraction of sp³-hybridized carbons (Fsp3) is 0.647. The fourth-order valence-electron chi connectivity index (χ4n) is 2.17. The standard InChI is InChI=1S/C17H29BrN2O/c1-5-10-19-16(14-7-6-8-15(18)12-14)9-11-20(4)17(2,3)13-21/h6-8,12,16,19,21H,5,9-11,13H2,1-4H3. The van der Waals surface area contributed by atoms with Crippen molar-refractivity contribution in [1.82, 2.24) is 10.2 Å². The summed E-state index contributed by atoms with van der Waals surface area (Å²) in [4.78, 5) is 2.23. The summed E-state index contributed by atoms with van der Waals surface area (Å²) >= 11 is 3.55. The zero-order valence-corrected chi connectivity index (χ0v) is 15.3. The van der Waals surface area contributed by atoms with Crippen molar-refractivity contribution in [3.8, 4) is 0 Å². The fourth-order valence-corrected chi connectivity index (χ4v) is 2.59. The van der Waals surface area contributed by atoms with Gasteiger partial charge in [0.2, 0.25) is 0 Å². The third-order valence-electron chi connectivity index (χ3n) is 4.07. The van der Waals surface area contributed by atoms with E-state index in [-0.39, 0.29) is 12.1 Å². The number of halogens is 1. The number of likely N-dealkylation sites (N-methyl/N-ethyl adjacent to an activating group) is 1. The van der Waals surface area contributed by atoms with Crippen molar-refractivity contribution in [3.05, 3.63) is 34.3 Å². The number of nitrogens with zero attached hydrogens (tertiary/aromatic N) is 1. The summed E-state index contributed by atoms with van der Waals surface area (Å²) in [5.41, 5.74) is 1.14. The van der Waals surface area contributed by atoms with Gasteiger partial charge in [0.05, 0.1) is 6.61 Å². The molecule has 1 aromatic rings. The summed E-state index contributed by atoms with van der Waals surface area (Å²) in [6, 6.07) is 8.85. The molecule has 0 saturated carbocycles. The van der Waals surface area contributed by atoms with E-state index < -0.39 is 0 Å². The monoisotopic (exact) mass is 356 g/mol. The molecule has 2 N–H and O–H groups in total. The van der Waals surface area contributed by atoms with Gasteiger partial charge >= 0.3 is 0 Å². The minimum Gasteiger partial charge on any atom is -0.394 e. The molecule has 120 valence electrons. The molecule has 0 amide bonds. The normalized spacial score (nSPS) is 13.7. The molecule has 0 radical (unpaired) electrons. The summed E-state index contributed by atoms with van der Waals surface area (Å²) in [6.45, 7) is 8.46. The quantitative estimate of drug-likeness (QED) is 0.709. The van der Waals surface area contributed by atoms with Crippen LogP contribution in [-0.2, 0) is 0 Å². The van der Waals surface area contributed by atoms with Crippen LogP contribution in [0.2, 0.25) is 0 Å². The lowest BCUT2D eigenvalue weighted by Crippen LogP contribution is -2.45. The van der Waals surface area contributed by atoms with Crippen molar-refractivity contribution in [1.29, 1.82) is 0 Å². The Hall–Kier alpha value is -0.420. The first-order valence-corrected chi connectivity index (χ1v) is 8.51. The van der Waals surface area contributed by atoms with E-state index in [9.17, 15) is 5.11 Å². The van der Waals surface area contributed by atoms with Crippen LogP contribution in [0.5, 0.6) is 0 Å². The molecule has 4 heteroatoms. The smallest absolute Gasteiger partial charge is 0.0609 e. The number of aliphatic hydroxyl groups excluding tert-OH is 1. The highest BCUT2D eigenvalue weighted by Gasteiger charge is 2.23. The van der Waals surface area contributed by atoms with Gasteiger partial charge in [0.15, 0.2) is 0 Å². The summed E-state index contributed by atoms with van der Waals surface area (Å²) in [6.07, 6.45) is 2.15. The Bertz CT molecular complexity index is 423. The second-order valence-electron chi connectivity index (χ2n) is 6.24. The maximum Gasteiger partial charge on any atom is 0.0609 e. The highest BCUT2D eigenvalue weighted by atomic mass is 79.9. The van der Waals surface area contributed by atoms with Crippen LogP contribution in [0.1, 0.15) is 45.2 Å². The molecular weight excluding hydrogens is 328 g/mol. The summed E-state index contributed by atoms with van der Waals surface area (Å²) < 4.78 is 1.12. The van der Waals surface area contributed by atoms with Gasteiger partial charge in [0, 0.05) is 22.6 Å². The molecule has 3 nitrogen and oxygen atoms in total. The van der Waals surface area contributed by atoms with E-state index >= 15 is 0 Å². The van der Waals surface area contributed by atoms with Gasteiger partial charge in [0.1, 0.15) is 0 Å². The Morgan fingerprint density at radius 2 is 2.10 bits per heavy atom. The first kappa shape index (κ1) is 18.6. The highest BCUT2D eigenvalue weighted by Crippen LogP contribution is 2.22. The van der Waals surface area contributed by atoms with Gasteiger partial charge < -0.3 is 10.4 Å². The molecule has 0 heterocycles. The molecular formula is C17H29BrN2O. The van der Waals surface area contributed by atoms with Crippen LogP contribution in [0.4, 0.5) is 0 Å². The van der Waals surface area contributed by atoms with E-state index in [0.717, 1.165) is 30.4 Å². The maximum atomic E-state index is 9.46. The van der Waals surface area contributed by atoms with Gasteiger partial charge in [-0.3, -0.25) is 4.90 Å². The first-order chi connectivity index (χ1) is 9.90. The van der Waals surface area contributed by atoms with Gasteiger partial charge in [0.25, 0.3) is 0 Å². The lowest BCUT2D eigenvalue weighted by Gasteiger charge is -2.35. The second kappa shape index (κ2) is 8.89. The van der Waals surface area contributed by atoms with Crippen molar-refractivity contribution in [3.63, 3.8) is 0 Å². The van der Waals surface area contributed by atoms with Crippen LogP contribution < -0.4 is 5.32 Å². The lowest BCUT2D eigenvalue weighted by molar-refractivity contribution is 0.0757. The number of aliphatic hydroxyl groups is 1. The molecule has 0 aliphatic carbocycles. The maximum absolute atomic E-state index is 9.46. The third kappa shape index (κ3) is 6.07. The molecule has 0 aromatic heterocycles. The number of hydrogen-bond acceptors (Lipinski definition) is 3. The van der Waals surface area contributed by atoms with Crippen molar-refractivity contribution in [2.75, 3.05) is 26.7 Å². The van der Waals surface area contributed by atoms with Crippen LogP contribution in [-0.4, -0.2) is 42.3 Å². The van der Waals surface area contributed by atoms with Crippen LogP contribution in [0.15, 0.2) is 28.7 Å². The average Bonchev–Trinajstić information content (AvgIpc) is 2.47. The van der Waals surface area contributed by atoms with Crippen LogP contribution in [0.25, 0.3) is 0 Å². The third-order valence-corrected chi connectivity index (χ3v) is 4.56.